The van der Waals surface area contributed by atoms with E-state index in [4.69, 9.17) is 4.74 Å². The molecule has 0 amide bonds. The van der Waals surface area contributed by atoms with Gasteiger partial charge in [-0.2, -0.15) is 0 Å². The molecule has 1 aliphatic carbocycles. The number of hydrogen-bond donors (Lipinski definition) is 1. The number of rotatable bonds is 9. The molecule has 0 saturated heterocycles. The average molecular weight is 483 g/mol. The summed E-state index contributed by atoms with van der Waals surface area (Å²) < 4.78 is 5.14. The Labute approximate surface area is 209 Å². The molecule has 0 heterocycles. The van der Waals surface area contributed by atoms with Crippen LogP contribution in [0.1, 0.15) is 66.8 Å². The molecule has 0 aromatic heterocycles. The van der Waals surface area contributed by atoms with Crippen molar-refractivity contribution in [1.29, 1.82) is 0 Å². The number of Topliss-reactive ketones (excluding diaryl/α,β-unsaturated/α-hetero) is 4. The van der Waals surface area contributed by atoms with E-state index in [1.165, 1.54) is 31.4 Å². The second kappa shape index (κ2) is 10.5. The van der Waals surface area contributed by atoms with Gasteiger partial charge in [-0.25, -0.2) is 0 Å². The van der Waals surface area contributed by atoms with E-state index in [-0.39, 0.29) is 22.3 Å². The molecule has 0 bridgehead atoms. The Hall–Kier alpha value is -4.32. The highest BCUT2D eigenvalue weighted by atomic mass is 16.5. The molecular formula is C30H26O6. The number of methoxy groups -OCH3 is 1. The molecule has 1 N–H and O–H groups in total. The second-order valence-electron chi connectivity index (χ2n) is 8.66. The van der Waals surface area contributed by atoms with Crippen LogP contribution in [-0.4, -0.2) is 35.3 Å². The van der Waals surface area contributed by atoms with Gasteiger partial charge in [-0.3, -0.25) is 19.2 Å². The molecule has 0 fully saturated rings. The topological polar surface area (TPSA) is 97.7 Å². The summed E-state index contributed by atoms with van der Waals surface area (Å²) in [5.74, 6) is -4.93. The molecule has 1 unspecified atom stereocenters. The molecule has 3 aromatic rings. The van der Waals surface area contributed by atoms with Crippen molar-refractivity contribution in [3.63, 3.8) is 0 Å². The number of carbonyl (C=O) groups excluding carboxylic acids is 4. The first kappa shape index (κ1) is 24.8. The van der Waals surface area contributed by atoms with Crippen LogP contribution in [-0.2, 0) is 6.42 Å². The maximum absolute atomic E-state index is 13.8. The first-order chi connectivity index (χ1) is 17.4. The third-order valence-electron chi connectivity index (χ3n) is 6.38. The van der Waals surface area contributed by atoms with E-state index in [1.54, 1.807) is 36.4 Å². The number of carbonyl (C=O) groups is 4. The van der Waals surface area contributed by atoms with E-state index in [0.29, 0.717) is 5.75 Å². The minimum atomic E-state index is -1.69. The van der Waals surface area contributed by atoms with Crippen LogP contribution in [0.15, 0.2) is 84.1 Å². The van der Waals surface area contributed by atoms with E-state index in [9.17, 15) is 24.3 Å². The minimum Gasteiger partial charge on any atom is -0.504 e. The van der Waals surface area contributed by atoms with Gasteiger partial charge >= 0.3 is 0 Å². The lowest BCUT2D eigenvalue weighted by Crippen LogP contribution is -2.35. The molecule has 4 rings (SSSR count). The van der Waals surface area contributed by atoms with Crippen molar-refractivity contribution in [2.75, 3.05) is 7.11 Å². The van der Waals surface area contributed by atoms with Crippen molar-refractivity contribution < 1.29 is 29.0 Å². The SMILES string of the molecule is CCCCc1ccc(C(=O)C(C(=O)c2ccc(OC)cc2)C2=C(O)C(=O)c3ccccc3C2=O)cc1. The summed E-state index contributed by atoms with van der Waals surface area (Å²) in [6.45, 7) is 2.09. The number of benzene rings is 3. The maximum atomic E-state index is 13.8. The van der Waals surface area contributed by atoms with E-state index in [1.807, 2.05) is 12.1 Å². The lowest BCUT2D eigenvalue weighted by Gasteiger charge is -2.23. The predicted molar refractivity (Wildman–Crippen MR) is 135 cm³/mol. The number of ether oxygens (including phenoxy) is 1. The lowest BCUT2D eigenvalue weighted by atomic mass is 9.76. The van der Waals surface area contributed by atoms with Crippen molar-refractivity contribution in [1.82, 2.24) is 0 Å². The molecule has 3 aromatic carbocycles. The summed E-state index contributed by atoms with van der Waals surface area (Å²) in [7, 11) is 1.49. The lowest BCUT2D eigenvalue weighted by molar-refractivity contribution is 0.0796. The summed E-state index contributed by atoms with van der Waals surface area (Å²) in [5.41, 5.74) is 0.984. The fourth-order valence-electron chi connectivity index (χ4n) is 4.34. The molecule has 6 nitrogen and oxygen atoms in total. The monoisotopic (exact) mass is 482 g/mol. The van der Waals surface area contributed by atoms with Gasteiger partial charge in [-0.05, 0) is 42.7 Å². The Bertz CT molecular complexity index is 1360. The van der Waals surface area contributed by atoms with Crippen molar-refractivity contribution >= 4 is 23.1 Å². The van der Waals surface area contributed by atoms with Crippen LogP contribution in [0, 0.1) is 5.92 Å². The van der Waals surface area contributed by atoms with Crippen LogP contribution in [0.3, 0.4) is 0 Å². The number of aliphatic hydroxyl groups is 1. The summed E-state index contributed by atoms with van der Waals surface area (Å²) in [6, 6.07) is 19.0. The largest absolute Gasteiger partial charge is 0.504 e. The molecule has 182 valence electrons. The highest BCUT2D eigenvalue weighted by molar-refractivity contribution is 6.32. The summed E-state index contributed by atoms with van der Waals surface area (Å²) in [6.07, 6.45) is 2.89. The van der Waals surface area contributed by atoms with Crippen molar-refractivity contribution in [2.24, 2.45) is 5.92 Å². The zero-order valence-electron chi connectivity index (χ0n) is 20.1. The zero-order chi connectivity index (χ0) is 25.8. The molecule has 0 aliphatic heterocycles. The molecule has 1 aliphatic rings. The zero-order valence-corrected chi connectivity index (χ0v) is 20.1. The number of unbranched alkanes of at least 4 members (excludes halogenated alkanes) is 1. The van der Waals surface area contributed by atoms with Gasteiger partial charge in [0.25, 0.3) is 0 Å². The van der Waals surface area contributed by atoms with Crippen molar-refractivity contribution in [3.05, 3.63) is 112 Å². The normalized spacial score (nSPS) is 13.8. The van der Waals surface area contributed by atoms with Crippen LogP contribution in [0.25, 0.3) is 0 Å². The standard InChI is InChI=1S/C30H26O6/c1-3-4-7-18-10-12-19(13-11-18)26(31)24(27(32)20-14-16-21(36-2)17-15-20)25-28(33)22-8-5-6-9-23(22)29(34)30(25)35/h5-6,8-17,24,35H,3-4,7H2,1-2H3. The molecule has 1 atom stereocenters. The fraction of sp³-hybridized carbons (Fsp3) is 0.200. The fourth-order valence-corrected chi connectivity index (χ4v) is 4.34. The van der Waals surface area contributed by atoms with Gasteiger partial charge in [0.2, 0.25) is 5.78 Å². The van der Waals surface area contributed by atoms with Crippen molar-refractivity contribution in [2.45, 2.75) is 26.2 Å². The number of ketones is 4. The third-order valence-corrected chi connectivity index (χ3v) is 6.38. The predicted octanol–water partition coefficient (Wildman–Crippen LogP) is 5.61. The Kier molecular flexibility index (Phi) is 7.25. The van der Waals surface area contributed by atoms with Gasteiger partial charge in [0.05, 0.1) is 12.7 Å². The van der Waals surface area contributed by atoms with Crippen LogP contribution >= 0.6 is 0 Å². The number of hydrogen-bond acceptors (Lipinski definition) is 6. The van der Waals surface area contributed by atoms with Gasteiger partial charge in [0.1, 0.15) is 11.7 Å². The molecule has 0 radical (unpaired) electrons. The van der Waals surface area contributed by atoms with Crippen LogP contribution in [0.5, 0.6) is 5.75 Å². The van der Waals surface area contributed by atoms with Crippen LogP contribution < -0.4 is 4.74 Å². The Morgan fingerprint density at radius 2 is 1.33 bits per heavy atom. The molecule has 6 heteroatoms. The summed E-state index contributed by atoms with van der Waals surface area (Å²) in [4.78, 5) is 53.9. The van der Waals surface area contributed by atoms with Crippen molar-refractivity contribution in [3.8, 4) is 5.75 Å². The number of aliphatic hydroxyl groups excluding tert-OH is 1. The van der Waals surface area contributed by atoms with Gasteiger partial charge in [-0.15, -0.1) is 0 Å². The average Bonchev–Trinajstić information content (AvgIpc) is 2.92. The number of allylic oxidation sites excluding steroid dienone is 2. The van der Waals surface area contributed by atoms with Gasteiger partial charge in [0, 0.05) is 22.3 Å². The quantitative estimate of drug-likeness (QED) is 0.314. The first-order valence-corrected chi connectivity index (χ1v) is 11.8. The molecule has 0 saturated carbocycles. The highest BCUT2D eigenvalue weighted by Gasteiger charge is 2.43. The second-order valence-corrected chi connectivity index (χ2v) is 8.66. The highest BCUT2D eigenvalue weighted by Crippen LogP contribution is 2.33. The minimum absolute atomic E-state index is 0.0344. The maximum Gasteiger partial charge on any atom is 0.228 e. The van der Waals surface area contributed by atoms with Crippen LogP contribution in [0.2, 0.25) is 0 Å². The van der Waals surface area contributed by atoms with E-state index in [2.05, 4.69) is 6.92 Å². The van der Waals surface area contributed by atoms with Gasteiger partial charge in [0.15, 0.2) is 23.1 Å². The van der Waals surface area contributed by atoms with E-state index < -0.39 is 40.4 Å². The Balaban J connectivity index is 1.82. The number of fused-ring (bicyclic) bond motifs is 1. The molecule has 36 heavy (non-hydrogen) atoms. The van der Waals surface area contributed by atoms with E-state index >= 15 is 0 Å². The number of aryl methyl sites for hydroxylation is 1. The van der Waals surface area contributed by atoms with Gasteiger partial charge < -0.3 is 9.84 Å². The summed E-state index contributed by atoms with van der Waals surface area (Å²) in [5, 5.41) is 10.8. The molecule has 0 spiro atoms. The molecular weight excluding hydrogens is 456 g/mol. The first-order valence-electron chi connectivity index (χ1n) is 11.8. The Morgan fingerprint density at radius 1 is 0.806 bits per heavy atom. The van der Waals surface area contributed by atoms with E-state index in [0.717, 1.165) is 24.8 Å². The van der Waals surface area contributed by atoms with Gasteiger partial charge in [-0.1, -0.05) is 61.9 Å². The summed E-state index contributed by atoms with van der Waals surface area (Å²) >= 11 is 0. The smallest absolute Gasteiger partial charge is 0.228 e. The Morgan fingerprint density at radius 3 is 1.86 bits per heavy atom. The van der Waals surface area contributed by atoms with Crippen LogP contribution in [0.4, 0.5) is 0 Å². The third kappa shape index (κ3) is 4.62.